The molecule has 1 aliphatic heterocycles. The van der Waals surface area contributed by atoms with Gasteiger partial charge in [0.25, 0.3) is 5.56 Å². The summed E-state index contributed by atoms with van der Waals surface area (Å²) in [5.41, 5.74) is 2.29. The van der Waals surface area contributed by atoms with E-state index in [2.05, 4.69) is 4.98 Å². The van der Waals surface area contributed by atoms with Crippen LogP contribution in [0.2, 0.25) is 0 Å². The van der Waals surface area contributed by atoms with Gasteiger partial charge in [0, 0.05) is 6.08 Å². The Morgan fingerprint density at radius 3 is 2.77 bits per heavy atom. The SMILES string of the molecule is CCOC(=O)C1=C(C)N=c2s/c(=C/c3ccc(Sc4nc5ccccc5s4)o3)c(=O)n2[C@H]1c1cccc2ccc(OC)cc12. The van der Waals surface area contributed by atoms with Gasteiger partial charge >= 0.3 is 5.97 Å². The summed E-state index contributed by atoms with van der Waals surface area (Å²) in [6.45, 7) is 3.74. The predicted octanol–water partition coefficient (Wildman–Crippen LogP) is 6.31. The Bertz CT molecular complexity index is 2260. The number of benzene rings is 3. The van der Waals surface area contributed by atoms with E-state index in [4.69, 9.17) is 18.9 Å². The van der Waals surface area contributed by atoms with Crippen molar-refractivity contribution >= 4 is 67.5 Å². The van der Waals surface area contributed by atoms with Gasteiger partial charge in [-0.05, 0) is 78.3 Å². The summed E-state index contributed by atoms with van der Waals surface area (Å²) in [5.74, 6) is 0.704. The molecule has 220 valence electrons. The summed E-state index contributed by atoms with van der Waals surface area (Å²) in [7, 11) is 1.61. The zero-order valence-corrected chi connectivity index (χ0v) is 26.3. The van der Waals surface area contributed by atoms with Crippen LogP contribution in [0.1, 0.15) is 31.2 Å². The Hall–Kier alpha value is -4.45. The smallest absolute Gasteiger partial charge is 0.338 e. The number of hydrogen-bond donors (Lipinski definition) is 0. The first-order chi connectivity index (χ1) is 21.4. The number of para-hydroxylation sites is 1. The molecule has 0 saturated heterocycles. The molecule has 0 fully saturated rings. The molecule has 0 bridgehead atoms. The van der Waals surface area contributed by atoms with E-state index in [0.29, 0.717) is 37.2 Å². The van der Waals surface area contributed by atoms with E-state index in [1.807, 2.05) is 72.8 Å². The van der Waals surface area contributed by atoms with Crippen molar-refractivity contribution in [3.8, 4) is 5.75 Å². The molecule has 0 unspecified atom stereocenters. The first-order valence-electron chi connectivity index (χ1n) is 13.8. The fourth-order valence-electron chi connectivity index (χ4n) is 5.30. The van der Waals surface area contributed by atoms with Crippen LogP contribution in [0, 0.1) is 0 Å². The fourth-order valence-corrected chi connectivity index (χ4v) is 8.30. The highest BCUT2D eigenvalue weighted by Crippen LogP contribution is 2.37. The Morgan fingerprint density at radius 1 is 1.09 bits per heavy atom. The minimum Gasteiger partial charge on any atom is -0.497 e. The third kappa shape index (κ3) is 5.06. The second-order valence-corrected chi connectivity index (χ2v) is 13.2. The van der Waals surface area contributed by atoms with E-state index in [1.165, 1.54) is 23.1 Å². The van der Waals surface area contributed by atoms with Gasteiger partial charge in [-0.2, -0.15) is 0 Å². The van der Waals surface area contributed by atoms with Gasteiger partial charge < -0.3 is 13.9 Å². The molecular weight excluding hydrogens is 615 g/mol. The number of aromatic nitrogens is 2. The van der Waals surface area contributed by atoms with E-state index < -0.39 is 12.0 Å². The summed E-state index contributed by atoms with van der Waals surface area (Å²) < 4.78 is 21.1. The monoisotopic (exact) mass is 639 g/mol. The molecule has 8 nitrogen and oxygen atoms in total. The standard InChI is InChI=1S/C33H25N3O5S3/c1-4-40-31(38)28-18(2)34-32-36(29(28)22-9-7-8-19-12-13-20(39-3)16-23(19)22)30(37)26(42-32)17-21-14-15-27(41-21)44-33-35-24-10-5-6-11-25(24)43-33/h5-17,29H,4H2,1-3H3/b26-17+/t29-/m0/s1. The van der Waals surface area contributed by atoms with Crippen molar-refractivity contribution < 1.29 is 18.7 Å². The second kappa shape index (κ2) is 11.6. The molecule has 3 aromatic carbocycles. The molecule has 0 saturated carbocycles. The summed E-state index contributed by atoms with van der Waals surface area (Å²) in [6, 6.07) is 22.6. The molecule has 0 radical (unpaired) electrons. The molecule has 4 heterocycles. The van der Waals surface area contributed by atoms with Gasteiger partial charge in [0.2, 0.25) is 0 Å². The highest BCUT2D eigenvalue weighted by molar-refractivity contribution is 8.01. The van der Waals surface area contributed by atoms with Gasteiger partial charge in [0.1, 0.15) is 11.5 Å². The van der Waals surface area contributed by atoms with Crippen molar-refractivity contribution in [3.05, 3.63) is 115 Å². The number of carbonyl (C=O) groups is 1. The van der Waals surface area contributed by atoms with Gasteiger partial charge in [0.05, 0.1) is 45.8 Å². The summed E-state index contributed by atoms with van der Waals surface area (Å²) >= 11 is 4.30. The Labute approximate surface area is 263 Å². The molecule has 0 amide bonds. The number of carbonyl (C=O) groups excluding carboxylic acids is 1. The highest BCUT2D eigenvalue weighted by atomic mass is 32.2. The minimum absolute atomic E-state index is 0.200. The third-order valence-electron chi connectivity index (χ3n) is 7.27. The van der Waals surface area contributed by atoms with Crippen molar-refractivity contribution in [2.75, 3.05) is 13.7 Å². The molecule has 1 aliphatic rings. The van der Waals surface area contributed by atoms with Crippen LogP contribution in [0.25, 0.3) is 27.1 Å². The van der Waals surface area contributed by atoms with Crippen LogP contribution in [0.15, 0.2) is 108 Å². The maximum absolute atomic E-state index is 14.1. The van der Waals surface area contributed by atoms with Crippen LogP contribution in [0.4, 0.5) is 0 Å². The maximum Gasteiger partial charge on any atom is 0.338 e. The summed E-state index contributed by atoms with van der Waals surface area (Å²) in [4.78, 5) is 37.4. The first kappa shape index (κ1) is 28.3. The quantitative estimate of drug-likeness (QED) is 0.189. The van der Waals surface area contributed by atoms with Crippen molar-refractivity contribution in [2.45, 2.75) is 29.3 Å². The number of rotatable bonds is 7. The van der Waals surface area contributed by atoms with Crippen molar-refractivity contribution in [1.29, 1.82) is 0 Å². The lowest BCUT2D eigenvalue weighted by molar-refractivity contribution is -0.139. The predicted molar refractivity (Wildman–Crippen MR) is 173 cm³/mol. The number of furan rings is 1. The van der Waals surface area contributed by atoms with Crippen LogP contribution >= 0.6 is 34.4 Å². The van der Waals surface area contributed by atoms with Crippen molar-refractivity contribution in [3.63, 3.8) is 0 Å². The topological polar surface area (TPSA) is 95.9 Å². The number of hydrogen-bond acceptors (Lipinski definition) is 10. The van der Waals surface area contributed by atoms with Gasteiger partial charge in [-0.3, -0.25) is 9.36 Å². The van der Waals surface area contributed by atoms with E-state index in [0.717, 1.165) is 30.9 Å². The van der Waals surface area contributed by atoms with Crippen LogP contribution in [0.5, 0.6) is 5.75 Å². The third-order valence-corrected chi connectivity index (χ3v) is 10.3. The minimum atomic E-state index is -0.745. The number of thiazole rings is 2. The zero-order valence-electron chi connectivity index (χ0n) is 23.9. The van der Waals surface area contributed by atoms with Gasteiger partial charge in [0.15, 0.2) is 14.2 Å². The Kier molecular flexibility index (Phi) is 7.45. The van der Waals surface area contributed by atoms with Crippen LogP contribution < -0.4 is 19.6 Å². The number of allylic oxidation sites excluding steroid dienone is 1. The first-order valence-corrected chi connectivity index (χ1v) is 16.3. The van der Waals surface area contributed by atoms with Gasteiger partial charge in [-0.15, -0.1) is 11.3 Å². The number of nitrogens with zero attached hydrogens (tertiary/aromatic N) is 3. The lowest BCUT2D eigenvalue weighted by Gasteiger charge is -2.26. The molecular formula is C33H25N3O5S3. The molecule has 44 heavy (non-hydrogen) atoms. The number of esters is 1. The molecule has 11 heteroatoms. The van der Waals surface area contributed by atoms with Crippen molar-refractivity contribution in [1.82, 2.24) is 9.55 Å². The van der Waals surface area contributed by atoms with E-state index in [9.17, 15) is 9.59 Å². The lowest BCUT2D eigenvalue weighted by atomic mass is 9.91. The Balaban J connectivity index is 1.33. The van der Waals surface area contributed by atoms with Crippen LogP contribution in [-0.2, 0) is 9.53 Å². The number of ether oxygens (including phenoxy) is 2. The molecule has 6 aromatic rings. The summed E-state index contributed by atoms with van der Waals surface area (Å²) in [6.07, 6.45) is 1.72. The highest BCUT2D eigenvalue weighted by Gasteiger charge is 2.34. The van der Waals surface area contributed by atoms with E-state index in [1.54, 1.807) is 42.9 Å². The second-order valence-electron chi connectivity index (χ2n) is 9.94. The van der Waals surface area contributed by atoms with E-state index in [-0.39, 0.29) is 12.2 Å². The number of fused-ring (bicyclic) bond motifs is 3. The molecule has 1 atom stereocenters. The van der Waals surface area contributed by atoms with Crippen molar-refractivity contribution in [2.24, 2.45) is 4.99 Å². The largest absolute Gasteiger partial charge is 0.497 e. The molecule has 0 aliphatic carbocycles. The van der Waals surface area contributed by atoms with Gasteiger partial charge in [-0.1, -0.05) is 47.7 Å². The number of methoxy groups -OCH3 is 1. The zero-order chi connectivity index (χ0) is 30.4. The molecule has 0 spiro atoms. The normalized spacial score (nSPS) is 15.1. The van der Waals surface area contributed by atoms with E-state index >= 15 is 0 Å². The van der Waals surface area contributed by atoms with Gasteiger partial charge in [-0.25, -0.2) is 14.8 Å². The fraction of sp³-hybridized carbons (Fsp3) is 0.152. The summed E-state index contributed by atoms with van der Waals surface area (Å²) in [5, 5.41) is 2.49. The molecule has 0 N–H and O–H groups in total. The lowest BCUT2D eigenvalue weighted by Crippen LogP contribution is -2.40. The van der Waals surface area contributed by atoms with Crippen LogP contribution in [-0.4, -0.2) is 29.2 Å². The average Bonchev–Trinajstić information content (AvgIpc) is 3.73. The Morgan fingerprint density at radius 2 is 1.95 bits per heavy atom. The van der Waals surface area contributed by atoms with Crippen LogP contribution in [0.3, 0.4) is 0 Å². The molecule has 7 rings (SSSR count). The maximum atomic E-state index is 14.1. The average molecular weight is 640 g/mol. The molecule has 3 aromatic heterocycles.